The molecular weight excluding hydrogens is 458 g/mol. The van der Waals surface area contributed by atoms with Gasteiger partial charge in [0.2, 0.25) is 0 Å². The Morgan fingerprint density at radius 3 is 2.50 bits per heavy atom. The fourth-order valence-corrected chi connectivity index (χ4v) is 6.87. The average Bonchev–Trinajstić information content (AvgIpc) is 2.80. The molecule has 0 amide bonds. The Morgan fingerprint density at radius 1 is 1.21 bits per heavy atom. The molecule has 0 saturated heterocycles. The Morgan fingerprint density at radius 2 is 1.88 bits per heavy atom. The number of hydrogen-bond donors (Lipinski definition) is 2. The summed E-state index contributed by atoms with van der Waals surface area (Å²) in [6, 6.07) is 6.67. The van der Waals surface area contributed by atoms with E-state index in [1.807, 2.05) is 6.92 Å². The molecule has 3 atom stereocenters. The van der Waals surface area contributed by atoms with Crippen molar-refractivity contribution in [3.8, 4) is 0 Å². The van der Waals surface area contributed by atoms with E-state index >= 15 is 0 Å². The van der Waals surface area contributed by atoms with E-state index < -0.39 is 23.0 Å². The lowest BCUT2D eigenvalue weighted by molar-refractivity contribution is -0.168. The molecule has 4 aliphatic rings. The van der Waals surface area contributed by atoms with Gasteiger partial charge in [0.1, 0.15) is 5.02 Å². The summed E-state index contributed by atoms with van der Waals surface area (Å²) in [5.74, 6) is -0.925. The molecule has 4 fully saturated rings. The lowest BCUT2D eigenvalue weighted by atomic mass is 9.48. The second kappa shape index (κ2) is 8.73. The van der Waals surface area contributed by atoms with Crippen LogP contribution in [0.1, 0.15) is 55.8 Å². The highest BCUT2D eigenvalue weighted by Crippen LogP contribution is 2.61. The lowest BCUT2D eigenvalue weighted by Crippen LogP contribution is -2.63. The van der Waals surface area contributed by atoms with Gasteiger partial charge in [-0.25, -0.2) is 9.48 Å². The van der Waals surface area contributed by atoms with Gasteiger partial charge in [0, 0.05) is 5.69 Å². The van der Waals surface area contributed by atoms with Crippen molar-refractivity contribution in [3.63, 3.8) is 0 Å². The molecule has 2 N–H and O–H groups in total. The van der Waals surface area contributed by atoms with Gasteiger partial charge >= 0.3 is 11.9 Å². The van der Waals surface area contributed by atoms with Crippen LogP contribution in [0.4, 0.5) is 11.4 Å². The fraction of sp³-hybridized carbons (Fsp3) is 0.520. The Bertz CT molecular complexity index is 1160. The van der Waals surface area contributed by atoms with Crippen LogP contribution < -0.4 is 10.9 Å². The molecule has 1 aromatic carbocycles. The third-order valence-electron chi connectivity index (χ3n) is 7.72. The van der Waals surface area contributed by atoms with Gasteiger partial charge in [0.25, 0.3) is 5.56 Å². The minimum absolute atomic E-state index is 0.0266. The molecule has 0 spiro atoms. The third kappa shape index (κ3) is 3.78. The third-order valence-corrected chi connectivity index (χ3v) is 8.08. The highest BCUT2D eigenvalue weighted by molar-refractivity contribution is 6.33. The molecule has 9 heteroatoms. The van der Waals surface area contributed by atoms with E-state index in [1.165, 1.54) is 10.9 Å². The Kier molecular flexibility index (Phi) is 5.88. The molecule has 0 radical (unpaired) electrons. The number of nitrogens with zero attached hydrogens (tertiary/aromatic N) is 2. The minimum Gasteiger partial charge on any atom is -0.481 e. The smallest absolute Gasteiger partial charge is 0.338 e. The van der Waals surface area contributed by atoms with Crippen LogP contribution in [0.25, 0.3) is 0 Å². The van der Waals surface area contributed by atoms with Crippen LogP contribution >= 0.6 is 11.6 Å². The standard InChI is InChI=1S/C25H28ClN3O5/c1-2-7-34-24(33)16-3-5-18(6-4-16)28-19-13-27-29(22(30)21(19)26)25-11-14-8-15(12-25)10-17(9-14)20(25)23(31)32/h3-6,13-15,17,20,28H,2,7-12H2,1H3,(H,31,32). The monoisotopic (exact) mass is 485 g/mol. The van der Waals surface area contributed by atoms with Gasteiger partial charge in [-0.2, -0.15) is 5.10 Å². The van der Waals surface area contributed by atoms with Gasteiger partial charge in [-0.1, -0.05) is 18.5 Å². The number of rotatable bonds is 7. The number of carbonyl (C=O) groups excluding carboxylic acids is 1. The normalized spacial score (nSPS) is 29.1. The molecule has 1 aromatic heterocycles. The molecule has 4 aliphatic carbocycles. The molecule has 4 bridgehead atoms. The summed E-state index contributed by atoms with van der Waals surface area (Å²) in [7, 11) is 0. The molecule has 2 aromatic rings. The fourth-order valence-electron chi connectivity index (χ4n) is 6.69. The first-order chi connectivity index (χ1) is 16.3. The molecule has 180 valence electrons. The summed E-state index contributed by atoms with van der Waals surface area (Å²) < 4.78 is 6.50. The van der Waals surface area contributed by atoms with Crippen LogP contribution in [-0.4, -0.2) is 33.4 Å². The second-order valence-electron chi connectivity index (χ2n) is 9.95. The van der Waals surface area contributed by atoms with Crippen molar-refractivity contribution >= 4 is 34.9 Å². The summed E-state index contributed by atoms with van der Waals surface area (Å²) in [5, 5.41) is 17.6. The van der Waals surface area contributed by atoms with E-state index in [0.29, 0.717) is 48.2 Å². The number of aromatic nitrogens is 2. The topological polar surface area (TPSA) is 111 Å². The number of carboxylic acid groups (broad SMARTS) is 1. The maximum atomic E-state index is 13.4. The van der Waals surface area contributed by atoms with Gasteiger partial charge in [0.15, 0.2) is 0 Å². The van der Waals surface area contributed by atoms with Crippen LogP contribution in [-0.2, 0) is 15.1 Å². The van der Waals surface area contributed by atoms with Crippen LogP contribution in [0.3, 0.4) is 0 Å². The number of aliphatic carboxylic acids is 1. The predicted octanol–water partition coefficient (Wildman–Crippen LogP) is 4.44. The summed E-state index contributed by atoms with van der Waals surface area (Å²) in [4.78, 5) is 37.7. The lowest BCUT2D eigenvalue weighted by Gasteiger charge is -2.59. The number of anilines is 2. The number of benzene rings is 1. The average molecular weight is 486 g/mol. The maximum Gasteiger partial charge on any atom is 0.338 e. The van der Waals surface area contributed by atoms with Crippen molar-refractivity contribution in [2.24, 2.45) is 23.7 Å². The summed E-state index contributed by atoms with van der Waals surface area (Å²) >= 11 is 6.50. The molecule has 34 heavy (non-hydrogen) atoms. The summed E-state index contributed by atoms with van der Waals surface area (Å²) in [6.07, 6.45) is 6.49. The second-order valence-corrected chi connectivity index (χ2v) is 10.3. The number of nitrogens with one attached hydrogen (secondary N) is 1. The zero-order valence-electron chi connectivity index (χ0n) is 19.0. The number of ether oxygens (including phenoxy) is 1. The van der Waals surface area contributed by atoms with Crippen molar-refractivity contribution in [2.75, 3.05) is 11.9 Å². The number of esters is 1. The van der Waals surface area contributed by atoms with Gasteiger partial charge in [0.05, 0.1) is 35.5 Å². The zero-order chi connectivity index (χ0) is 24.0. The van der Waals surface area contributed by atoms with Crippen LogP contribution in [0.15, 0.2) is 35.3 Å². The first-order valence-corrected chi connectivity index (χ1v) is 12.3. The first kappa shape index (κ1) is 22.9. The Labute approximate surface area is 202 Å². The number of hydrogen-bond acceptors (Lipinski definition) is 6. The molecule has 0 aliphatic heterocycles. The summed E-state index contributed by atoms with van der Waals surface area (Å²) in [6.45, 7) is 2.29. The molecule has 3 unspecified atom stereocenters. The van der Waals surface area contributed by atoms with E-state index in [0.717, 1.165) is 25.7 Å². The van der Waals surface area contributed by atoms with Crippen molar-refractivity contribution in [2.45, 2.75) is 51.0 Å². The van der Waals surface area contributed by atoms with E-state index in [9.17, 15) is 19.5 Å². The molecule has 6 rings (SSSR count). The number of carboxylic acids is 1. The highest BCUT2D eigenvalue weighted by atomic mass is 35.5. The summed E-state index contributed by atoms with van der Waals surface area (Å²) in [5.41, 5.74) is 0.104. The van der Waals surface area contributed by atoms with Crippen molar-refractivity contribution < 1.29 is 19.4 Å². The molecule has 8 nitrogen and oxygen atoms in total. The maximum absolute atomic E-state index is 13.4. The van der Waals surface area contributed by atoms with E-state index in [-0.39, 0.29) is 16.9 Å². The van der Waals surface area contributed by atoms with Crippen LogP contribution in [0.5, 0.6) is 0 Å². The van der Waals surface area contributed by atoms with E-state index in [2.05, 4.69) is 10.4 Å². The number of carbonyl (C=O) groups is 2. The minimum atomic E-state index is -0.853. The Hall–Kier alpha value is -2.87. The van der Waals surface area contributed by atoms with Crippen LogP contribution in [0, 0.1) is 23.7 Å². The van der Waals surface area contributed by atoms with Crippen molar-refractivity contribution in [1.29, 1.82) is 0 Å². The van der Waals surface area contributed by atoms with Gasteiger partial charge in [-0.15, -0.1) is 0 Å². The molecule has 1 heterocycles. The van der Waals surface area contributed by atoms with Gasteiger partial charge < -0.3 is 15.2 Å². The van der Waals surface area contributed by atoms with Gasteiger partial charge in [-0.3, -0.25) is 9.59 Å². The van der Waals surface area contributed by atoms with Crippen molar-refractivity contribution in [1.82, 2.24) is 9.78 Å². The molecule has 4 saturated carbocycles. The quantitative estimate of drug-likeness (QED) is 0.557. The van der Waals surface area contributed by atoms with E-state index in [4.69, 9.17) is 16.3 Å². The predicted molar refractivity (Wildman–Crippen MR) is 126 cm³/mol. The SMILES string of the molecule is CCCOC(=O)c1ccc(Nc2cnn(C34CC5CC(CC(C5)C3C(=O)O)C4)c(=O)c2Cl)cc1. The zero-order valence-corrected chi connectivity index (χ0v) is 19.8. The van der Waals surface area contributed by atoms with Crippen molar-refractivity contribution in [3.05, 3.63) is 51.4 Å². The Balaban J connectivity index is 1.42. The molecular formula is C25H28ClN3O5. The van der Waals surface area contributed by atoms with Gasteiger partial charge in [-0.05, 0) is 80.5 Å². The van der Waals surface area contributed by atoms with E-state index in [1.54, 1.807) is 24.3 Å². The highest BCUT2D eigenvalue weighted by Gasteiger charge is 2.61. The largest absolute Gasteiger partial charge is 0.481 e. The first-order valence-electron chi connectivity index (χ1n) is 11.9. The van der Waals surface area contributed by atoms with Crippen LogP contribution in [0.2, 0.25) is 5.02 Å². The number of halogens is 1.